The zero-order valence-corrected chi connectivity index (χ0v) is 8.06. The zero-order valence-electron chi connectivity index (χ0n) is 8.06. The molecule has 3 nitrogen and oxygen atoms in total. The van der Waals surface area contributed by atoms with Gasteiger partial charge in [0.2, 0.25) is 0 Å². The molecular formula is C11H15NO2. The van der Waals surface area contributed by atoms with Crippen molar-refractivity contribution in [1.29, 1.82) is 0 Å². The van der Waals surface area contributed by atoms with E-state index in [1.807, 2.05) is 0 Å². The van der Waals surface area contributed by atoms with Crippen LogP contribution in [0.15, 0.2) is 24.3 Å². The quantitative estimate of drug-likeness (QED) is 0.673. The Bertz CT molecular complexity index is 322. The Kier molecular flexibility index (Phi) is 2.48. The Morgan fingerprint density at radius 1 is 1.14 bits per heavy atom. The van der Waals surface area contributed by atoms with Crippen LogP contribution in [-0.2, 0) is 0 Å². The van der Waals surface area contributed by atoms with Crippen molar-refractivity contribution in [3.8, 4) is 11.8 Å². The second-order valence-corrected chi connectivity index (χ2v) is 3.70. The smallest absolute Gasteiger partial charge is 0.194 e. The van der Waals surface area contributed by atoms with Crippen molar-refractivity contribution in [1.82, 2.24) is 4.57 Å². The standard InChI is InChI=1S/C11H15NO2/c13-10-7-8-11(14)12(10)9-5-3-1-2-4-6-9/h3,5,7-9,13-14H,1-2,4,6H2. The van der Waals surface area contributed by atoms with Crippen LogP contribution in [0.4, 0.5) is 0 Å². The van der Waals surface area contributed by atoms with Crippen molar-refractivity contribution in [3.05, 3.63) is 24.3 Å². The van der Waals surface area contributed by atoms with Gasteiger partial charge >= 0.3 is 0 Å². The summed E-state index contributed by atoms with van der Waals surface area (Å²) in [5.41, 5.74) is 0. The van der Waals surface area contributed by atoms with Crippen molar-refractivity contribution < 1.29 is 10.2 Å². The maximum absolute atomic E-state index is 9.54. The zero-order chi connectivity index (χ0) is 9.97. The van der Waals surface area contributed by atoms with Gasteiger partial charge in [0.25, 0.3) is 0 Å². The summed E-state index contributed by atoms with van der Waals surface area (Å²) in [5, 5.41) is 19.1. The molecule has 14 heavy (non-hydrogen) atoms. The summed E-state index contributed by atoms with van der Waals surface area (Å²) < 4.78 is 1.57. The van der Waals surface area contributed by atoms with Crippen molar-refractivity contribution in [2.75, 3.05) is 0 Å². The van der Waals surface area contributed by atoms with Crippen molar-refractivity contribution >= 4 is 0 Å². The normalized spacial score (nSPS) is 22.1. The molecule has 1 atom stereocenters. The Morgan fingerprint density at radius 3 is 2.57 bits per heavy atom. The minimum atomic E-state index is 0.104. The van der Waals surface area contributed by atoms with Gasteiger partial charge in [0.1, 0.15) is 0 Å². The molecule has 1 heterocycles. The summed E-state index contributed by atoms with van der Waals surface area (Å²) >= 11 is 0. The molecule has 0 aromatic carbocycles. The van der Waals surface area contributed by atoms with Gasteiger partial charge in [0.15, 0.2) is 11.8 Å². The molecule has 0 radical (unpaired) electrons. The molecular weight excluding hydrogens is 178 g/mol. The van der Waals surface area contributed by atoms with Gasteiger partial charge in [-0.1, -0.05) is 18.6 Å². The summed E-state index contributed by atoms with van der Waals surface area (Å²) in [5.74, 6) is 0.276. The minimum Gasteiger partial charge on any atom is -0.494 e. The molecule has 3 heteroatoms. The SMILES string of the molecule is Oc1ccc(O)n1C1C=CCCCC1. The Morgan fingerprint density at radius 2 is 1.86 bits per heavy atom. The topological polar surface area (TPSA) is 45.4 Å². The molecule has 0 bridgehead atoms. The third-order valence-electron chi connectivity index (χ3n) is 2.69. The molecule has 0 saturated carbocycles. The highest BCUT2D eigenvalue weighted by Crippen LogP contribution is 2.31. The third-order valence-corrected chi connectivity index (χ3v) is 2.69. The number of allylic oxidation sites excluding steroid dienone is 2. The van der Waals surface area contributed by atoms with Crippen LogP contribution in [0, 0.1) is 0 Å². The fourth-order valence-corrected chi connectivity index (χ4v) is 1.95. The number of aromatic nitrogens is 1. The predicted octanol–water partition coefficient (Wildman–Crippen LogP) is 2.57. The van der Waals surface area contributed by atoms with Crippen molar-refractivity contribution in [2.24, 2.45) is 0 Å². The maximum Gasteiger partial charge on any atom is 0.194 e. The molecule has 0 fully saturated rings. The molecule has 1 aromatic heterocycles. The fourth-order valence-electron chi connectivity index (χ4n) is 1.95. The fraction of sp³-hybridized carbons (Fsp3) is 0.455. The van der Waals surface area contributed by atoms with Gasteiger partial charge < -0.3 is 10.2 Å². The van der Waals surface area contributed by atoms with Crippen LogP contribution in [0.3, 0.4) is 0 Å². The van der Waals surface area contributed by atoms with E-state index in [-0.39, 0.29) is 17.8 Å². The molecule has 2 rings (SSSR count). The second-order valence-electron chi connectivity index (χ2n) is 3.70. The van der Waals surface area contributed by atoms with Crippen molar-refractivity contribution in [3.63, 3.8) is 0 Å². The van der Waals surface area contributed by atoms with E-state index in [0.29, 0.717) is 0 Å². The lowest BCUT2D eigenvalue weighted by molar-refractivity contribution is 0.345. The van der Waals surface area contributed by atoms with Crippen LogP contribution >= 0.6 is 0 Å². The number of rotatable bonds is 1. The number of aromatic hydroxyl groups is 2. The van der Waals surface area contributed by atoms with Gasteiger partial charge in [0, 0.05) is 12.1 Å². The summed E-state index contributed by atoms with van der Waals surface area (Å²) in [4.78, 5) is 0. The lowest BCUT2D eigenvalue weighted by Gasteiger charge is -2.15. The van der Waals surface area contributed by atoms with Crippen LogP contribution in [-0.4, -0.2) is 14.8 Å². The average molecular weight is 193 g/mol. The Labute approximate surface area is 83.3 Å². The molecule has 0 aliphatic heterocycles. The van der Waals surface area contributed by atoms with Gasteiger partial charge in [-0.25, -0.2) is 0 Å². The van der Waals surface area contributed by atoms with E-state index < -0.39 is 0 Å². The van der Waals surface area contributed by atoms with Crippen LogP contribution in [0.5, 0.6) is 11.8 Å². The first-order valence-electron chi connectivity index (χ1n) is 5.05. The molecule has 2 N–H and O–H groups in total. The molecule has 1 unspecified atom stereocenters. The average Bonchev–Trinajstić information content (AvgIpc) is 2.45. The molecule has 0 spiro atoms. The first-order chi connectivity index (χ1) is 6.79. The molecule has 1 aliphatic rings. The molecule has 0 saturated heterocycles. The third kappa shape index (κ3) is 1.62. The molecule has 1 aliphatic carbocycles. The first-order valence-corrected chi connectivity index (χ1v) is 5.05. The van der Waals surface area contributed by atoms with E-state index in [4.69, 9.17) is 0 Å². The maximum atomic E-state index is 9.54. The van der Waals surface area contributed by atoms with Crippen LogP contribution in [0.25, 0.3) is 0 Å². The highest BCUT2D eigenvalue weighted by atomic mass is 16.3. The Balaban J connectivity index is 2.28. The summed E-state index contributed by atoms with van der Waals surface area (Å²) in [6.07, 6.45) is 8.58. The van der Waals surface area contributed by atoms with E-state index in [2.05, 4.69) is 12.2 Å². The van der Waals surface area contributed by atoms with Gasteiger partial charge in [-0.2, -0.15) is 0 Å². The number of nitrogens with zero attached hydrogens (tertiary/aromatic N) is 1. The van der Waals surface area contributed by atoms with E-state index in [9.17, 15) is 10.2 Å². The van der Waals surface area contributed by atoms with Gasteiger partial charge in [-0.3, -0.25) is 4.57 Å². The van der Waals surface area contributed by atoms with E-state index in [0.717, 1.165) is 19.3 Å². The molecule has 76 valence electrons. The lowest BCUT2D eigenvalue weighted by Crippen LogP contribution is -2.04. The van der Waals surface area contributed by atoms with Crippen LogP contribution in [0.2, 0.25) is 0 Å². The highest BCUT2D eigenvalue weighted by Gasteiger charge is 2.15. The minimum absolute atomic E-state index is 0.104. The summed E-state index contributed by atoms with van der Waals surface area (Å²) in [6, 6.07) is 3.15. The predicted molar refractivity (Wildman–Crippen MR) is 54.4 cm³/mol. The monoisotopic (exact) mass is 193 g/mol. The van der Waals surface area contributed by atoms with E-state index in [1.165, 1.54) is 18.6 Å². The number of hydrogen-bond donors (Lipinski definition) is 2. The molecule has 1 aromatic rings. The van der Waals surface area contributed by atoms with Gasteiger partial charge in [-0.15, -0.1) is 0 Å². The molecule has 0 amide bonds. The van der Waals surface area contributed by atoms with Crippen molar-refractivity contribution in [2.45, 2.75) is 31.7 Å². The van der Waals surface area contributed by atoms with Gasteiger partial charge in [0.05, 0.1) is 6.04 Å². The second kappa shape index (κ2) is 3.78. The van der Waals surface area contributed by atoms with E-state index in [1.54, 1.807) is 4.57 Å². The summed E-state index contributed by atoms with van der Waals surface area (Å²) in [7, 11) is 0. The van der Waals surface area contributed by atoms with Crippen LogP contribution in [0.1, 0.15) is 31.7 Å². The van der Waals surface area contributed by atoms with Crippen LogP contribution < -0.4 is 0 Å². The summed E-state index contributed by atoms with van der Waals surface area (Å²) in [6.45, 7) is 0. The largest absolute Gasteiger partial charge is 0.494 e. The lowest BCUT2D eigenvalue weighted by atomic mass is 10.1. The highest BCUT2D eigenvalue weighted by molar-refractivity contribution is 5.26. The van der Waals surface area contributed by atoms with E-state index >= 15 is 0 Å². The number of hydrogen-bond acceptors (Lipinski definition) is 2. The Hall–Kier alpha value is -1.38. The first kappa shape index (κ1) is 9.19. The van der Waals surface area contributed by atoms with Gasteiger partial charge in [-0.05, 0) is 19.3 Å².